The van der Waals surface area contributed by atoms with Crippen LogP contribution in [0.1, 0.15) is 16.8 Å². The Morgan fingerprint density at radius 2 is 1.94 bits per heavy atom. The van der Waals surface area contributed by atoms with Gasteiger partial charge < -0.3 is 21.3 Å². The maximum atomic E-state index is 11.7. The second-order valence-electron chi connectivity index (χ2n) is 3.59. The number of anilines is 1. The molecule has 0 bridgehead atoms. The molecule has 1 aromatic carbocycles. The molecular weight excluding hydrogens is 240 g/mol. The minimum Gasteiger partial charge on any atom is -0.481 e. The van der Waals surface area contributed by atoms with Crippen molar-refractivity contribution in [2.24, 2.45) is 0 Å². The first kappa shape index (κ1) is 13.5. The highest BCUT2D eigenvalue weighted by molar-refractivity contribution is 5.97. The van der Waals surface area contributed by atoms with Gasteiger partial charge in [-0.25, -0.2) is 4.79 Å². The van der Waals surface area contributed by atoms with Crippen LogP contribution >= 0.6 is 0 Å². The summed E-state index contributed by atoms with van der Waals surface area (Å²) < 4.78 is 0. The maximum absolute atomic E-state index is 11.7. The number of nitrogens with one attached hydrogen (secondary N) is 1. The molecule has 0 aromatic heterocycles. The molecule has 7 nitrogen and oxygen atoms in total. The normalized spacial score (nSPS) is 11.6. The van der Waals surface area contributed by atoms with Crippen LogP contribution in [0.15, 0.2) is 24.3 Å². The van der Waals surface area contributed by atoms with Gasteiger partial charge in [0.15, 0.2) is 0 Å². The Kier molecular flexibility index (Phi) is 4.25. The van der Waals surface area contributed by atoms with Gasteiger partial charge in [0.25, 0.3) is 5.91 Å². The highest BCUT2D eigenvalue weighted by Gasteiger charge is 2.23. The standard InChI is InChI=1S/C11H12N2O5/c12-7-3-1-2-6(4-7)10(16)13-8(11(17)18)5-9(14)15/h1-4,8H,5,12H2,(H,13,16)(H,14,15)(H,17,18). The van der Waals surface area contributed by atoms with E-state index >= 15 is 0 Å². The highest BCUT2D eigenvalue weighted by atomic mass is 16.4. The van der Waals surface area contributed by atoms with E-state index in [0.717, 1.165) is 0 Å². The van der Waals surface area contributed by atoms with Gasteiger partial charge in [0, 0.05) is 11.3 Å². The third kappa shape index (κ3) is 3.78. The topological polar surface area (TPSA) is 130 Å². The van der Waals surface area contributed by atoms with E-state index in [4.69, 9.17) is 15.9 Å². The number of nitrogens with two attached hydrogens (primary N) is 1. The van der Waals surface area contributed by atoms with Crippen molar-refractivity contribution >= 4 is 23.5 Å². The lowest BCUT2D eigenvalue weighted by Gasteiger charge is -2.12. The van der Waals surface area contributed by atoms with Crippen molar-refractivity contribution in [1.29, 1.82) is 0 Å². The van der Waals surface area contributed by atoms with Crippen molar-refractivity contribution in [1.82, 2.24) is 5.32 Å². The Balaban J connectivity index is 2.78. The van der Waals surface area contributed by atoms with Crippen molar-refractivity contribution in [3.8, 4) is 0 Å². The van der Waals surface area contributed by atoms with E-state index in [2.05, 4.69) is 5.32 Å². The summed E-state index contributed by atoms with van der Waals surface area (Å²) in [5.41, 5.74) is 6.00. The van der Waals surface area contributed by atoms with Gasteiger partial charge in [-0.2, -0.15) is 0 Å². The first-order valence-corrected chi connectivity index (χ1v) is 5.01. The summed E-state index contributed by atoms with van der Waals surface area (Å²) in [5.74, 6) is -3.40. The lowest BCUT2D eigenvalue weighted by Crippen LogP contribution is -2.42. The van der Waals surface area contributed by atoms with Gasteiger partial charge in [-0.15, -0.1) is 0 Å². The van der Waals surface area contributed by atoms with Crippen LogP contribution in [0.2, 0.25) is 0 Å². The van der Waals surface area contributed by atoms with Crippen LogP contribution in [-0.2, 0) is 9.59 Å². The second-order valence-corrected chi connectivity index (χ2v) is 3.59. The zero-order chi connectivity index (χ0) is 13.7. The van der Waals surface area contributed by atoms with E-state index < -0.39 is 30.3 Å². The fourth-order valence-corrected chi connectivity index (χ4v) is 1.30. The fraction of sp³-hybridized carbons (Fsp3) is 0.182. The molecular formula is C11H12N2O5. The molecule has 0 spiro atoms. The summed E-state index contributed by atoms with van der Waals surface area (Å²) >= 11 is 0. The number of nitrogen functional groups attached to an aromatic ring is 1. The Morgan fingerprint density at radius 1 is 1.28 bits per heavy atom. The van der Waals surface area contributed by atoms with Crippen LogP contribution in [0.5, 0.6) is 0 Å². The number of carbonyl (C=O) groups excluding carboxylic acids is 1. The van der Waals surface area contributed by atoms with Crippen LogP contribution in [0.3, 0.4) is 0 Å². The summed E-state index contributed by atoms with van der Waals surface area (Å²) in [5, 5.41) is 19.4. The Labute approximate surface area is 102 Å². The van der Waals surface area contributed by atoms with E-state index in [0.29, 0.717) is 5.69 Å². The molecule has 7 heteroatoms. The molecule has 0 saturated heterocycles. The van der Waals surface area contributed by atoms with Crippen molar-refractivity contribution in [3.05, 3.63) is 29.8 Å². The molecule has 5 N–H and O–H groups in total. The van der Waals surface area contributed by atoms with E-state index in [1.165, 1.54) is 18.2 Å². The number of amides is 1. The smallest absolute Gasteiger partial charge is 0.326 e. The number of aliphatic carboxylic acids is 2. The number of carboxylic acids is 2. The van der Waals surface area contributed by atoms with Crippen molar-refractivity contribution in [3.63, 3.8) is 0 Å². The number of carbonyl (C=O) groups is 3. The van der Waals surface area contributed by atoms with Crippen LogP contribution in [0, 0.1) is 0 Å². The number of benzene rings is 1. The summed E-state index contributed by atoms with van der Waals surface area (Å²) in [6.45, 7) is 0. The molecule has 96 valence electrons. The Hall–Kier alpha value is -2.57. The first-order valence-electron chi connectivity index (χ1n) is 5.01. The number of carboxylic acid groups (broad SMARTS) is 2. The van der Waals surface area contributed by atoms with Gasteiger partial charge in [0.2, 0.25) is 0 Å². The van der Waals surface area contributed by atoms with Crippen LogP contribution in [0.25, 0.3) is 0 Å². The van der Waals surface area contributed by atoms with E-state index in [1.807, 2.05) is 0 Å². The van der Waals surface area contributed by atoms with Crippen molar-refractivity contribution < 1.29 is 24.6 Å². The predicted octanol–water partition coefficient (Wildman–Crippen LogP) is -0.0735. The Bertz CT molecular complexity index is 486. The highest BCUT2D eigenvalue weighted by Crippen LogP contribution is 2.07. The molecule has 0 radical (unpaired) electrons. The van der Waals surface area contributed by atoms with Gasteiger partial charge in [-0.1, -0.05) is 6.07 Å². The van der Waals surface area contributed by atoms with Crippen molar-refractivity contribution in [2.75, 3.05) is 5.73 Å². The van der Waals surface area contributed by atoms with Crippen LogP contribution in [0.4, 0.5) is 5.69 Å². The lowest BCUT2D eigenvalue weighted by molar-refractivity contribution is -0.145. The molecule has 1 atom stereocenters. The summed E-state index contributed by atoms with van der Waals surface area (Å²) in [7, 11) is 0. The number of rotatable bonds is 5. The number of hydrogen-bond donors (Lipinski definition) is 4. The molecule has 0 aliphatic heterocycles. The molecule has 0 heterocycles. The minimum atomic E-state index is -1.48. The molecule has 1 aromatic rings. The monoisotopic (exact) mass is 252 g/mol. The lowest BCUT2D eigenvalue weighted by atomic mass is 10.1. The molecule has 1 unspecified atom stereocenters. The van der Waals surface area contributed by atoms with Gasteiger partial charge in [-0.3, -0.25) is 9.59 Å². The third-order valence-electron chi connectivity index (χ3n) is 2.13. The molecule has 1 rings (SSSR count). The SMILES string of the molecule is Nc1cccc(C(=O)NC(CC(=O)O)C(=O)O)c1. The average Bonchev–Trinajstić information content (AvgIpc) is 2.27. The molecule has 18 heavy (non-hydrogen) atoms. The molecule has 0 fully saturated rings. The quantitative estimate of drug-likeness (QED) is 0.542. The van der Waals surface area contributed by atoms with Gasteiger partial charge in [0.05, 0.1) is 6.42 Å². The zero-order valence-corrected chi connectivity index (χ0v) is 9.29. The van der Waals surface area contributed by atoms with Gasteiger partial charge in [-0.05, 0) is 18.2 Å². The maximum Gasteiger partial charge on any atom is 0.326 e. The van der Waals surface area contributed by atoms with Gasteiger partial charge in [0.1, 0.15) is 6.04 Å². The molecule has 0 aliphatic rings. The predicted molar refractivity (Wildman–Crippen MR) is 62.0 cm³/mol. The van der Waals surface area contributed by atoms with Crippen LogP contribution < -0.4 is 11.1 Å². The third-order valence-corrected chi connectivity index (χ3v) is 2.13. The van der Waals surface area contributed by atoms with E-state index in [9.17, 15) is 14.4 Å². The zero-order valence-electron chi connectivity index (χ0n) is 9.29. The van der Waals surface area contributed by atoms with Gasteiger partial charge >= 0.3 is 11.9 Å². The summed E-state index contributed by atoms with van der Waals surface area (Å²) in [6.07, 6.45) is -0.691. The van der Waals surface area contributed by atoms with Crippen molar-refractivity contribution in [2.45, 2.75) is 12.5 Å². The number of hydrogen-bond acceptors (Lipinski definition) is 4. The largest absolute Gasteiger partial charge is 0.481 e. The Morgan fingerprint density at radius 3 is 2.44 bits per heavy atom. The van der Waals surface area contributed by atoms with E-state index in [-0.39, 0.29) is 5.56 Å². The molecule has 0 saturated carbocycles. The minimum absolute atomic E-state index is 0.173. The summed E-state index contributed by atoms with van der Waals surface area (Å²) in [6, 6.07) is 4.46. The van der Waals surface area contributed by atoms with E-state index in [1.54, 1.807) is 6.07 Å². The first-order chi connectivity index (χ1) is 8.40. The summed E-state index contributed by atoms with van der Waals surface area (Å²) in [4.78, 5) is 32.9. The molecule has 1 amide bonds. The fourth-order valence-electron chi connectivity index (χ4n) is 1.30. The average molecular weight is 252 g/mol. The van der Waals surface area contributed by atoms with Crippen LogP contribution in [-0.4, -0.2) is 34.1 Å². The molecule has 0 aliphatic carbocycles. The second kappa shape index (κ2) is 5.67.